The number of rotatable bonds is 16. The Kier molecular flexibility index (Phi) is 10.7. The number of hydrogen-bond acceptors (Lipinski definition) is 6. The van der Waals surface area contributed by atoms with Gasteiger partial charge < -0.3 is 24.7 Å². The Labute approximate surface area is 191 Å². The van der Waals surface area contributed by atoms with Crippen LogP contribution in [0.3, 0.4) is 0 Å². The molecule has 1 aliphatic carbocycles. The normalized spacial score (nSPS) is 12.5. The molecule has 6 nitrogen and oxygen atoms in total. The van der Waals surface area contributed by atoms with Crippen molar-refractivity contribution >= 4 is 5.97 Å². The van der Waals surface area contributed by atoms with E-state index in [2.05, 4.69) is 36.4 Å². The zero-order valence-corrected chi connectivity index (χ0v) is 18.8. The number of hydrogen-bond donors (Lipinski definition) is 1. The van der Waals surface area contributed by atoms with Crippen LogP contribution in [0.25, 0.3) is 11.1 Å². The summed E-state index contributed by atoms with van der Waals surface area (Å²) in [7, 11) is 0. The zero-order chi connectivity index (χ0) is 22.4. The highest BCUT2D eigenvalue weighted by Crippen LogP contribution is 2.44. The summed E-state index contributed by atoms with van der Waals surface area (Å²) in [6.45, 7) is 4.58. The number of carbonyl (C=O) groups is 1. The number of nitrogens with two attached hydrogens (primary N) is 1. The number of carbonyl (C=O) groups excluding carboxylic acids is 1. The van der Waals surface area contributed by atoms with Gasteiger partial charge in [-0.05, 0) is 48.1 Å². The maximum atomic E-state index is 12.2. The molecule has 0 heterocycles. The van der Waals surface area contributed by atoms with Crippen LogP contribution >= 0.6 is 0 Å². The van der Waals surface area contributed by atoms with Crippen LogP contribution in [-0.4, -0.2) is 58.8 Å². The molecule has 0 aromatic heterocycles. The first kappa shape index (κ1) is 24.4. The lowest BCUT2D eigenvalue weighted by atomic mass is 9.98. The number of benzene rings is 2. The Balaban J connectivity index is 1.23. The Hall–Kier alpha value is -2.25. The van der Waals surface area contributed by atoms with Crippen molar-refractivity contribution in [1.29, 1.82) is 0 Å². The summed E-state index contributed by atoms with van der Waals surface area (Å²) >= 11 is 0. The van der Waals surface area contributed by atoms with Gasteiger partial charge in [0.25, 0.3) is 0 Å². The van der Waals surface area contributed by atoms with E-state index >= 15 is 0 Å². The van der Waals surface area contributed by atoms with E-state index in [1.165, 1.54) is 22.3 Å². The minimum absolute atomic E-state index is 0.112. The minimum atomic E-state index is -0.148. The van der Waals surface area contributed by atoms with Gasteiger partial charge in [-0.1, -0.05) is 48.5 Å². The average molecular weight is 442 g/mol. The van der Waals surface area contributed by atoms with Crippen LogP contribution in [-0.2, 0) is 23.7 Å². The van der Waals surface area contributed by atoms with Gasteiger partial charge in [-0.15, -0.1) is 0 Å². The van der Waals surface area contributed by atoms with Crippen molar-refractivity contribution in [3.63, 3.8) is 0 Å². The van der Waals surface area contributed by atoms with Gasteiger partial charge >= 0.3 is 5.97 Å². The molecule has 3 rings (SSSR count). The standard InChI is InChI=1S/C26H35NO5/c27-13-7-15-30-17-19-31-18-16-29-14-6-5-12-26(28)32-20-25-23-10-3-1-8-21(23)22-9-2-4-11-24(22)25/h1-4,8-11,25H,5-7,12-20,27H2. The van der Waals surface area contributed by atoms with Gasteiger partial charge in [0.1, 0.15) is 6.61 Å². The lowest BCUT2D eigenvalue weighted by Crippen LogP contribution is -2.13. The fourth-order valence-corrected chi connectivity index (χ4v) is 3.89. The fraction of sp³-hybridized carbons (Fsp3) is 0.500. The predicted molar refractivity (Wildman–Crippen MR) is 125 cm³/mol. The van der Waals surface area contributed by atoms with Gasteiger partial charge in [0.05, 0.1) is 26.4 Å². The molecule has 0 atom stereocenters. The molecule has 0 unspecified atom stereocenters. The van der Waals surface area contributed by atoms with Gasteiger partial charge in [-0.3, -0.25) is 4.79 Å². The molecular weight excluding hydrogens is 406 g/mol. The van der Waals surface area contributed by atoms with Crippen LogP contribution in [0.15, 0.2) is 48.5 Å². The number of fused-ring (bicyclic) bond motifs is 3. The highest BCUT2D eigenvalue weighted by atomic mass is 16.5. The first-order valence-electron chi connectivity index (χ1n) is 11.6. The largest absolute Gasteiger partial charge is 0.465 e. The zero-order valence-electron chi connectivity index (χ0n) is 18.8. The SMILES string of the molecule is NCCCOCCOCCOCCCCC(=O)OCC1c2ccccc2-c2ccccc21. The molecule has 0 bridgehead atoms. The van der Waals surface area contributed by atoms with E-state index in [1.807, 2.05) is 12.1 Å². The van der Waals surface area contributed by atoms with Crippen molar-refractivity contribution in [3.05, 3.63) is 59.7 Å². The maximum absolute atomic E-state index is 12.2. The summed E-state index contributed by atoms with van der Waals surface area (Å²) in [6.07, 6.45) is 2.87. The Morgan fingerprint density at radius 1 is 0.719 bits per heavy atom. The lowest BCUT2D eigenvalue weighted by Gasteiger charge is -2.14. The molecule has 2 N–H and O–H groups in total. The third-order valence-electron chi connectivity index (χ3n) is 5.53. The van der Waals surface area contributed by atoms with Crippen LogP contribution in [0, 0.1) is 0 Å². The molecule has 0 saturated heterocycles. The third-order valence-corrected chi connectivity index (χ3v) is 5.53. The molecule has 32 heavy (non-hydrogen) atoms. The first-order valence-corrected chi connectivity index (χ1v) is 11.6. The minimum Gasteiger partial charge on any atom is -0.465 e. The molecule has 0 amide bonds. The Morgan fingerprint density at radius 3 is 1.84 bits per heavy atom. The summed E-state index contributed by atoms with van der Waals surface area (Å²) in [5, 5.41) is 0. The molecule has 0 radical (unpaired) electrons. The van der Waals surface area contributed by atoms with E-state index in [1.54, 1.807) is 0 Å². The van der Waals surface area contributed by atoms with E-state index in [0.29, 0.717) is 59.2 Å². The molecular formula is C26H35NO5. The monoisotopic (exact) mass is 441 g/mol. The van der Waals surface area contributed by atoms with E-state index in [9.17, 15) is 4.79 Å². The van der Waals surface area contributed by atoms with Crippen molar-refractivity contribution in [2.75, 3.05) is 52.8 Å². The van der Waals surface area contributed by atoms with Crippen LogP contribution in [0.1, 0.15) is 42.7 Å². The molecule has 1 aliphatic rings. The molecule has 0 saturated carbocycles. The highest BCUT2D eigenvalue weighted by Gasteiger charge is 2.28. The van der Waals surface area contributed by atoms with Crippen molar-refractivity contribution < 1.29 is 23.7 Å². The second kappa shape index (κ2) is 14.0. The second-order valence-corrected chi connectivity index (χ2v) is 7.85. The van der Waals surface area contributed by atoms with Gasteiger partial charge in [-0.25, -0.2) is 0 Å². The van der Waals surface area contributed by atoms with Crippen molar-refractivity contribution in [1.82, 2.24) is 0 Å². The van der Waals surface area contributed by atoms with E-state index in [-0.39, 0.29) is 11.9 Å². The first-order chi connectivity index (χ1) is 15.8. The fourth-order valence-electron chi connectivity index (χ4n) is 3.89. The highest BCUT2D eigenvalue weighted by molar-refractivity contribution is 5.79. The third kappa shape index (κ3) is 7.41. The van der Waals surface area contributed by atoms with Gasteiger partial charge in [0.2, 0.25) is 0 Å². The Morgan fingerprint density at radius 2 is 1.25 bits per heavy atom. The summed E-state index contributed by atoms with van der Waals surface area (Å²) < 4.78 is 22.0. The van der Waals surface area contributed by atoms with Gasteiger partial charge in [-0.2, -0.15) is 0 Å². The summed E-state index contributed by atoms with van der Waals surface area (Å²) in [5.74, 6) is -0.0365. The number of esters is 1. The van der Waals surface area contributed by atoms with Crippen LogP contribution in [0.4, 0.5) is 0 Å². The Bertz CT molecular complexity index is 780. The van der Waals surface area contributed by atoms with Crippen LogP contribution in [0.2, 0.25) is 0 Å². The molecule has 174 valence electrons. The second-order valence-electron chi connectivity index (χ2n) is 7.85. The predicted octanol–water partition coefficient (Wildman–Crippen LogP) is 3.91. The smallest absolute Gasteiger partial charge is 0.305 e. The molecule has 0 fully saturated rings. The van der Waals surface area contributed by atoms with Crippen molar-refractivity contribution in [3.8, 4) is 11.1 Å². The average Bonchev–Trinajstić information content (AvgIpc) is 3.14. The lowest BCUT2D eigenvalue weighted by molar-refractivity contribution is -0.144. The molecule has 2 aromatic carbocycles. The summed E-state index contributed by atoms with van der Waals surface area (Å²) in [5.41, 5.74) is 10.3. The summed E-state index contributed by atoms with van der Waals surface area (Å²) in [4.78, 5) is 12.2. The van der Waals surface area contributed by atoms with E-state index < -0.39 is 0 Å². The molecule has 0 spiro atoms. The molecule has 6 heteroatoms. The molecule has 2 aromatic rings. The van der Waals surface area contributed by atoms with Crippen LogP contribution in [0.5, 0.6) is 0 Å². The maximum Gasteiger partial charge on any atom is 0.305 e. The van der Waals surface area contributed by atoms with E-state index in [4.69, 9.17) is 24.7 Å². The van der Waals surface area contributed by atoms with Gasteiger partial charge in [0, 0.05) is 25.6 Å². The number of ether oxygens (including phenoxy) is 4. The van der Waals surface area contributed by atoms with Gasteiger partial charge in [0.15, 0.2) is 0 Å². The quantitative estimate of drug-likeness (QED) is 0.314. The van der Waals surface area contributed by atoms with Crippen molar-refractivity contribution in [2.45, 2.75) is 31.6 Å². The topological polar surface area (TPSA) is 80.0 Å². The summed E-state index contributed by atoms with van der Waals surface area (Å²) in [6, 6.07) is 16.7. The van der Waals surface area contributed by atoms with E-state index in [0.717, 1.165) is 19.3 Å². The number of unbranched alkanes of at least 4 members (excludes halogenated alkanes) is 1. The van der Waals surface area contributed by atoms with Crippen molar-refractivity contribution in [2.24, 2.45) is 5.73 Å². The molecule has 0 aliphatic heterocycles. The van der Waals surface area contributed by atoms with Crippen LogP contribution < -0.4 is 5.73 Å².